The van der Waals surface area contributed by atoms with E-state index in [0.717, 1.165) is 45.0 Å². The van der Waals surface area contributed by atoms with Gasteiger partial charge >= 0.3 is 12.1 Å². The second-order valence-electron chi connectivity index (χ2n) is 10.2. The number of carbonyl (C=O) groups is 2. The summed E-state index contributed by atoms with van der Waals surface area (Å²) < 4.78 is 18.4. The number of amides is 1. The van der Waals surface area contributed by atoms with Crippen LogP contribution in [0.1, 0.15) is 37.1 Å². The molecule has 0 aliphatic heterocycles. The standard InChI is InChI=1S/C33H37N3O6/c1-22(2)42-33(39)34-21-28-20-30(14-12-25(28)13-15-32(37)38)41-17-16-36-23(3)18-31(35-36)26-10-8-24(9-11-26)27-6-5-7-29(19-27)40-4/h5-12,14,18-20,22H,13,15-17,21H2,1-4H3,(H,34,39)(H,37,38). The lowest BCUT2D eigenvalue weighted by molar-refractivity contribution is -0.136. The summed E-state index contributed by atoms with van der Waals surface area (Å²) in [4.78, 5) is 23.1. The number of methoxy groups -OCH3 is 1. The van der Waals surface area contributed by atoms with Gasteiger partial charge in [0.1, 0.15) is 18.1 Å². The average molecular weight is 572 g/mol. The molecule has 0 spiro atoms. The number of carboxylic acid groups (broad SMARTS) is 1. The minimum atomic E-state index is -0.879. The van der Waals surface area contributed by atoms with Crippen molar-refractivity contribution >= 4 is 12.1 Å². The molecule has 0 bridgehead atoms. The van der Waals surface area contributed by atoms with Crippen molar-refractivity contribution in [1.82, 2.24) is 15.1 Å². The van der Waals surface area contributed by atoms with E-state index in [4.69, 9.17) is 24.4 Å². The van der Waals surface area contributed by atoms with Crippen LogP contribution in [0.4, 0.5) is 4.79 Å². The summed E-state index contributed by atoms with van der Waals surface area (Å²) in [5, 5.41) is 16.6. The van der Waals surface area contributed by atoms with Crippen LogP contribution in [0.15, 0.2) is 72.8 Å². The molecule has 220 valence electrons. The van der Waals surface area contributed by atoms with Crippen LogP contribution in [0.25, 0.3) is 22.4 Å². The first-order chi connectivity index (χ1) is 20.2. The summed E-state index contributed by atoms with van der Waals surface area (Å²) >= 11 is 0. The number of aryl methyl sites for hydroxylation is 2. The molecule has 2 N–H and O–H groups in total. The van der Waals surface area contributed by atoms with Gasteiger partial charge in [0.25, 0.3) is 0 Å². The van der Waals surface area contributed by atoms with Crippen molar-refractivity contribution in [2.45, 2.75) is 52.8 Å². The molecule has 0 unspecified atom stereocenters. The Hall–Kier alpha value is -4.79. The van der Waals surface area contributed by atoms with Gasteiger partial charge in [-0.3, -0.25) is 9.48 Å². The molecule has 0 saturated heterocycles. The second-order valence-corrected chi connectivity index (χ2v) is 10.2. The highest BCUT2D eigenvalue weighted by molar-refractivity contribution is 5.70. The quantitative estimate of drug-likeness (QED) is 0.195. The minimum absolute atomic E-state index is 0.00567. The summed E-state index contributed by atoms with van der Waals surface area (Å²) in [7, 11) is 1.66. The van der Waals surface area contributed by atoms with Crippen molar-refractivity contribution in [1.29, 1.82) is 0 Å². The molecule has 0 saturated carbocycles. The fraction of sp³-hybridized carbons (Fsp3) is 0.303. The maximum absolute atomic E-state index is 12.0. The highest BCUT2D eigenvalue weighted by Crippen LogP contribution is 2.27. The number of aliphatic carboxylic acids is 1. The van der Waals surface area contributed by atoms with Crippen molar-refractivity contribution in [2.24, 2.45) is 0 Å². The number of alkyl carbamates (subject to hydrolysis) is 1. The predicted octanol–water partition coefficient (Wildman–Crippen LogP) is 6.26. The van der Waals surface area contributed by atoms with Crippen LogP contribution in [0.2, 0.25) is 0 Å². The molecule has 1 heterocycles. The van der Waals surface area contributed by atoms with E-state index in [-0.39, 0.29) is 19.1 Å². The SMILES string of the molecule is COc1cccc(-c2ccc(-c3cc(C)n(CCOc4ccc(CCC(=O)O)c(CNC(=O)OC(C)C)c4)n3)cc2)c1. The van der Waals surface area contributed by atoms with Gasteiger partial charge in [-0.25, -0.2) is 4.79 Å². The first kappa shape index (κ1) is 30.2. The number of benzene rings is 3. The first-order valence-electron chi connectivity index (χ1n) is 13.9. The first-order valence-corrected chi connectivity index (χ1v) is 13.9. The minimum Gasteiger partial charge on any atom is -0.497 e. The van der Waals surface area contributed by atoms with Crippen LogP contribution in [0.3, 0.4) is 0 Å². The maximum Gasteiger partial charge on any atom is 0.407 e. The summed E-state index contributed by atoms with van der Waals surface area (Å²) in [6.07, 6.45) is -0.424. The zero-order valence-corrected chi connectivity index (χ0v) is 24.4. The lowest BCUT2D eigenvalue weighted by Crippen LogP contribution is -2.26. The number of hydrogen-bond donors (Lipinski definition) is 2. The number of rotatable bonds is 13. The molecule has 3 aromatic carbocycles. The molecule has 0 fully saturated rings. The Morgan fingerprint density at radius 2 is 1.69 bits per heavy atom. The van der Waals surface area contributed by atoms with E-state index in [1.807, 2.05) is 48.0 Å². The van der Waals surface area contributed by atoms with E-state index in [1.165, 1.54) is 0 Å². The Kier molecular flexibility index (Phi) is 10.2. The number of ether oxygens (including phenoxy) is 3. The second kappa shape index (κ2) is 14.2. The molecular weight excluding hydrogens is 534 g/mol. The number of carboxylic acids is 1. The van der Waals surface area contributed by atoms with Crippen LogP contribution >= 0.6 is 0 Å². The Morgan fingerprint density at radius 3 is 2.40 bits per heavy atom. The zero-order chi connectivity index (χ0) is 30.1. The van der Waals surface area contributed by atoms with E-state index in [1.54, 1.807) is 21.0 Å². The Balaban J connectivity index is 1.39. The van der Waals surface area contributed by atoms with Gasteiger partial charge in [-0.1, -0.05) is 42.5 Å². The lowest BCUT2D eigenvalue weighted by Gasteiger charge is -2.14. The van der Waals surface area contributed by atoms with Crippen molar-refractivity contribution < 1.29 is 28.9 Å². The van der Waals surface area contributed by atoms with Crippen molar-refractivity contribution in [3.63, 3.8) is 0 Å². The molecule has 4 rings (SSSR count). The summed E-state index contributed by atoms with van der Waals surface area (Å²) in [5.74, 6) is 0.568. The molecule has 0 atom stereocenters. The Bertz CT molecular complexity index is 1510. The fourth-order valence-electron chi connectivity index (χ4n) is 4.53. The van der Waals surface area contributed by atoms with Gasteiger partial charge in [0.15, 0.2) is 0 Å². The largest absolute Gasteiger partial charge is 0.497 e. The van der Waals surface area contributed by atoms with Crippen LogP contribution in [-0.2, 0) is 29.0 Å². The van der Waals surface area contributed by atoms with E-state index in [0.29, 0.717) is 25.3 Å². The van der Waals surface area contributed by atoms with Crippen LogP contribution in [-0.4, -0.2) is 46.8 Å². The summed E-state index contributed by atoms with van der Waals surface area (Å²) in [6, 6.07) is 23.8. The number of hydrogen-bond acceptors (Lipinski definition) is 6. The lowest BCUT2D eigenvalue weighted by atomic mass is 10.0. The number of carbonyl (C=O) groups excluding carboxylic acids is 1. The van der Waals surface area contributed by atoms with Gasteiger partial charge in [0.05, 0.1) is 25.5 Å². The Labute approximate surface area is 246 Å². The molecule has 0 aliphatic rings. The fourth-order valence-corrected chi connectivity index (χ4v) is 4.53. The highest BCUT2D eigenvalue weighted by atomic mass is 16.6. The molecule has 9 heteroatoms. The number of nitrogens with one attached hydrogen (secondary N) is 1. The topological polar surface area (TPSA) is 112 Å². The van der Waals surface area contributed by atoms with Gasteiger partial charge in [-0.15, -0.1) is 0 Å². The molecule has 0 aliphatic carbocycles. The van der Waals surface area contributed by atoms with Crippen LogP contribution < -0.4 is 14.8 Å². The molecule has 0 radical (unpaired) electrons. The molecule has 1 amide bonds. The molecule has 1 aromatic heterocycles. The van der Waals surface area contributed by atoms with Crippen molar-refractivity contribution in [3.8, 4) is 33.9 Å². The van der Waals surface area contributed by atoms with Gasteiger partial charge in [0, 0.05) is 24.2 Å². The normalized spacial score (nSPS) is 10.9. The smallest absolute Gasteiger partial charge is 0.407 e. The van der Waals surface area contributed by atoms with Crippen molar-refractivity contribution in [2.75, 3.05) is 13.7 Å². The van der Waals surface area contributed by atoms with E-state index in [2.05, 4.69) is 41.7 Å². The van der Waals surface area contributed by atoms with E-state index < -0.39 is 12.1 Å². The molecule has 9 nitrogen and oxygen atoms in total. The van der Waals surface area contributed by atoms with E-state index >= 15 is 0 Å². The molecule has 42 heavy (non-hydrogen) atoms. The molecule has 4 aromatic rings. The van der Waals surface area contributed by atoms with Gasteiger partial charge < -0.3 is 24.6 Å². The zero-order valence-electron chi connectivity index (χ0n) is 24.4. The predicted molar refractivity (Wildman–Crippen MR) is 161 cm³/mol. The van der Waals surface area contributed by atoms with Gasteiger partial charge in [0.2, 0.25) is 0 Å². The monoisotopic (exact) mass is 571 g/mol. The molecular formula is C33H37N3O6. The van der Waals surface area contributed by atoms with Gasteiger partial charge in [-0.05, 0) is 79.8 Å². The Morgan fingerprint density at radius 1 is 0.929 bits per heavy atom. The third-order valence-electron chi connectivity index (χ3n) is 6.69. The van der Waals surface area contributed by atoms with Crippen molar-refractivity contribution in [3.05, 3.63) is 89.6 Å². The summed E-state index contributed by atoms with van der Waals surface area (Å²) in [6.45, 7) is 6.69. The number of aromatic nitrogens is 2. The highest BCUT2D eigenvalue weighted by Gasteiger charge is 2.12. The van der Waals surface area contributed by atoms with Crippen LogP contribution in [0, 0.1) is 6.92 Å². The average Bonchev–Trinajstić information content (AvgIpc) is 3.35. The maximum atomic E-state index is 12.0. The number of nitrogens with zero attached hydrogens (tertiary/aromatic N) is 2. The third-order valence-corrected chi connectivity index (χ3v) is 6.69. The van der Waals surface area contributed by atoms with E-state index in [9.17, 15) is 9.59 Å². The van der Waals surface area contributed by atoms with Gasteiger partial charge in [-0.2, -0.15) is 5.10 Å². The summed E-state index contributed by atoms with van der Waals surface area (Å²) in [5.41, 5.74) is 6.72. The third kappa shape index (κ3) is 8.36. The van der Waals surface area contributed by atoms with Crippen LogP contribution in [0.5, 0.6) is 11.5 Å².